The van der Waals surface area contributed by atoms with Gasteiger partial charge in [0.25, 0.3) is 0 Å². The molecule has 2 rings (SSSR count). The van der Waals surface area contributed by atoms with Crippen molar-refractivity contribution in [2.24, 2.45) is 5.92 Å². The summed E-state index contributed by atoms with van der Waals surface area (Å²) in [5.41, 5.74) is 2.43. The number of aromatic nitrogens is 2. The fourth-order valence-electron chi connectivity index (χ4n) is 2.20. The summed E-state index contributed by atoms with van der Waals surface area (Å²) in [6, 6.07) is 0. The van der Waals surface area contributed by atoms with Gasteiger partial charge < -0.3 is 0 Å². The van der Waals surface area contributed by atoms with E-state index in [0.29, 0.717) is 0 Å². The number of hydrogen-bond acceptors (Lipinski definition) is 2. The Balaban J connectivity index is 2.09. The lowest BCUT2D eigenvalue weighted by atomic mass is 10.3. The summed E-state index contributed by atoms with van der Waals surface area (Å²) in [5, 5.41) is 4.55. The molecule has 1 fully saturated rings. The summed E-state index contributed by atoms with van der Waals surface area (Å²) in [4.78, 5) is 2.53. The van der Waals surface area contributed by atoms with Gasteiger partial charge in [-0.1, -0.05) is 6.92 Å². The molecule has 0 aliphatic heterocycles. The van der Waals surface area contributed by atoms with Crippen LogP contribution in [0.3, 0.4) is 0 Å². The third-order valence-electron chi connectivity index (χ3n) is 3.49. The average Bonchev–Trinajstić information content (AvgIpc) is 3.10. The van der Waals surface area contributed by atoms with E-state index < -0.39 is 0 Å². The molecule has 1 aromatic rings. The lowest BCUT2D eigenvalue weighted by molar-refractivity contribution is 0.259. The summed E-state index contributed by atoms with van der Waals surface area (Å²) in [6.45, 7) is 10.8. The molecule has 0 unspecified atom stereocenters. The Morgan fingerprint density at radius 1 is 1.41 bits per heavy atom. The fourth-order valence-corrected chi connectivity index (χ4v) is 2.61. The van der Waals surface area contributed by atoms with Crippen molar-refractivity contribution in [1.29, 1.82) is 0 Å². The molecule has 0 saturated heterocycles. The van der Waals surface area contributed by atoms with Crippen molar-refractivity contribution in [2.75, 3.05) is 13.1 Å². The maximum absolute atomic E-state index is 4.55. The molecule has 0 amide bonds. The minimum atomic E-state index is 0.947. The van der Waals surface area contributed by atoms with Gasteiger partial charge in [0.2, 0.25) is 0 Å². The van der Waals surface area contributed by atoms with Gasteiger partial charge in [0.15, 0.2) is 0 Å². The molecule has 0 N–H and O–H groups in total. The zero-order valence-corrected chi connectivity index (χ0v) is 12.6. The van der Waals surface area contributed by atoms with Crippen molar-refractivity contribution < 1.29 is 0 Å². The van der Waals surface area contributed by atoms with E-state index in [2.05, 4.69) is 51.4 Å². The van der Waals surface area contributed by atoms with E-state index >= 15 is 0 Å². The van der Waals surface area contributed by atoms with Crippen LogP contribution in [0.1, 0.15) is 38.1 Å². The summed E-state index contributed by atoms with van der Waals surface area (Å²) in [6.07, 6.45) is 2.84. The maximum atomic E-state index is 4.55. The van der Waals surface area contributed by atoms with Crippen LogP contribution < -0.4 is 0 Å². The van der Waals surface area contributed by atoms with Crippen molar-refractivity contribution in [3.8, 4) is 0 Å². The molecule has 4 heteroatoms. The second-order valence-corrected chi connectivity index (χ2v) is 5.73. The summed E-state index contributed by atoms with van der Waals surface area (Å²) in [5.74, 6) is 0.952. The topological polar surface area (TPSA) is 21.1 Å². The van der Waals surface area contributed by atoms with Gasteiger partial charge in [0.05, 0.1) is 15.9 Å². The fraction of sp³-hybridized carbons (Fsp3) is 0.769. The Kier molecular flexibility index (Phi) is 4.26. The average molecular weight is 300 g/mol. The molecule has 3 nitrogen and oxygen atoms in total. The molecule has 0 radical (unpaired) electrons. The number of halogens is 1. The maximum Gasteiger partial charge on any atom is 0.0739 e. The van der Waals surface area contributed by atoms with Gasteiger partial charge in [-0.25, -0.2) is 0 Å². The second kappa shape index (κ2) is 5.53. The van der Waals surface area contributed by atoms with E-state index in [9.17, 15) is 0 Å². The van der Waals surface area contributed by atoms with Gasteiger partial charge in [-0.2, -0.15) is 5.10 Å². The van der Waals surface area contributed by atoms with Gasteiger partial charge in [0.1, 0.15) is 0 Å². The SMILES string of the molecule is CCN(Cc1c(Br)c(C)nn1CC)CC1CC1. The second-order valence-electron chi connectivity index (χ2n) is 4.93. The lowest BCUT2D eigenvalue weighted by Crippen LogP contribution is -2.26. The van der Waals surface area contributed by atoms with Crippen molar-refractivity contribution in [1.82, 2.24) is 14.7 Å². The quantitative estimate of drug-likeness (QED) is 0.804. The molecule has 1 aliphatic rings. The zero-order valence-electron chi connectivity index (χ0n) is 11.0. The van der Waals surface area contributed by atoms with Crippen LogP contribution in [0.4, 0.5) is 0 Å². The summed E-state index contributed by atoms with van der Waals surface area (Å²) in [7, 11) is 0. The third-order valence-corrected chi connectivity index (χ3v) is 4.52. The van der Waals surface area contributed by atoms with Crippen LogP contribution in [0, 0.1) is 12.8 Å². The molecule has 0 bridgehead atoms. The highest BCUT2D eigenvalue weighted by molar-refractivity contribution is 9.10. The highest BCUT2D eigenvalue weighted by Gasteiger charge is 2.24. The predicted octanol–water partition coefficient (Wildman–Crippen LogP) is 3.21. The molecule has 1 heterocycles. The molecule has 1 aliphatic carbocycles. The van der Waals surface area contributed by atoms with Crippen LogP contribution in [0.5, 0.6) is 0 Å². The Bertz CT molecular complexity index is 382. The van der Waals surface area contributed by atoms with Gasteiger partial charge in [0, 0.05) is 19.6 Å². The first-order valence-electron chi connectivity index (χ1n) is 6.59. The van der Waals surface area contributed by atoms with Crippen LogP contribution >= 0.6 is 15.9 Å². The van der Waals surface area contributed by atoms with Crippen molar-refractivity contribution >= 4 is 15.9 Å². The zero-order chi connectivity index (χ0) is 12.4. The summed E-state index contributed by atoms with van der Waals surface area (Å²) >= 11 is 3.67. The number of aryl methyl sites for hydroxylation is 2. The normalized spacial score (nSPS) is 15.8. The molecule has 1 saturated carbocycles. The van der Waals surface area contributed by atoms with Crippen molar-refractivity contribution in [3.63, 3.8) is 0 Å². The molecule has 0 atom stereocenters. The third kappa shape index (κ3) is 3.10. The highest BCUT2D eigenvalue weighted by Crippen LogP contribution is 2.31. The minimum absolute atomic E-state index is 0.947. The molecule has 96 valence electrons. The van der Waals surface area contributed by atoms with Crippen LogP contribution in [-0.4, -0.2) is 27.8 Å². The Hall–Kier alpha value is -0.350. The van der Waals surface area contributed by atoms with Crippen LogP contribution in [-0.2, 0) is 13.1 Å². The first-order valence-corrected chi connectivity index (χ1v) is 7.39. The number of rotatable bonds is 6. The molecular weight excluding hydrogens is 278 g/mol. The largest absolute Gasteiger partial charge is 0.297 e. The van der Waals surface area contributed by atoms with Gasteiger partial charge in [-0.05, 0) is 55.1 Å². The predicted molar refractivity (Wildman–Crippen MR) is 74.0 cm³/mol. The van der Waals surface area contributed by atoms with Crippen LogP contribution in [0.25, 0.3) is 0 Å². The molecular formula is C13H22BrN3. The Morgan fingerprint density at radius 3 is 2.65 bits per heavy atom. The van der Waals surface area contributed by atoms with E-state index in [-0.39, 0.29) is 0 Å². The molecule has 0 aromatic carbocycles. The summed E-state index contributed by atoms with van der Waals surface area (Å²) < 4.78 is 3.31. The first-order chi connectivity index (χ1) is 8.15. The van der Waals surface area contributed by atoms with Crippen LogP contribution in [0.15, 0.2) is 4.47 Å². The van der Waals surface area contributed by atoms with E-state index in [1.807, 2.05) is 0 Å². The standard InChI is InChI=1S/C13H22BrN3/c1-4-16(8-11-6-7-11)9-12-13(14)10(3)15-17(12)5-2/h11H,4-9H2,1-3H3. The van der Waals surface area contributed by atoms with E-state index in [1.54, 1.807) is 0 Å². The first kappa shape index (κ1) is 13.1. The van der Waals surface area contributed by atoms with E-state index in [1.165, 1.54) is 29.6 Å². The Morgan fingerprint density at radius 2 is 2.12 bits per heavy atom. The molecule has 1 aromatic heterocycles. The number of nitrogens with zero attached hydrogens (tertiary/aromatic N) is 3. The number of hydrogen-bond donors (Lipinski definition) is 0. The Labute approximate surface area is 112 Å². The molecule has 17 heavy (non-hydrogen) atoms. The van der Waals surface area contributed by atoms with Gasteiger partial charge in [-0.3, -0.25) is 9.58 Å². The van der Waals surface area contributed by atoms with Crippen LogP contribution in [0.2, 0.25) is 0 Å². The van der Waals surface area contributed by atoms with E-state index in [0.717, 1.165) is 31.2 Å². The van der Waals surface area contributed by atoms with Gasteiger partial charge in [-0.15, -0.1) is 0 Å². The van der Waals surface area contributed by atoms with E-state index in [4.69, 9.17) is 0 Å². The van der Waals surface area contributed by atoms with Crippen molar-refractivity contribution in [2.45, 2.75) is 46.7 Å². The monoisotopic (exact) mass is 299 g/mol. The van der Waals surface area contributed by atoms with Crippen molar-refractivity contribution in [3.05, 3.63) is 15.9 Å². The van der Waals surface area contributed by atoms with Gasteiger partial charge >= 0.3 is 0 Å². The smallest absolute Gasteiger partial charge is 0.0739 e. The molecule has 0 spiro atoms. The lowest BCUT2D eigenvalue weighted by Gasteiger charge is -2.20. The minimum Gasteiger partial charge on any atom is -0.297 e. The highest BCUT2D eigenvalue weighted by atomic mass is 79.9.